The van der Waals surface area contributed by atoms with Gasteiger partial charge in [0.1, 0.15) is 5.82 Å². The van der Waals surface area contributed by atoms with E-state index < -0.39 is 10.1 Å². The zero-order valence-corrected chi connectivity index (χ0v) is 38.3. The number of amides is 2. The number of imide groups is 1. The molecule has 0 unspecified atom stereocenters. The molecule has 1 N–H and O–H groups in total. The number of anilines is 2. The van der Waals surface area contributed by atoms with Crippen molar-refractivity contribution in [3.63, 3.8) is 0 Å². The van der Waals surface area contributed by atoms with Crippen LogP contribution in [0.1, 0.15) is 72.1 Å². The zero-order chi connectivity index (χ0) is 42.8. The Labute approximate surface area is 374 Å². The number of hydrogen-bond acceptors (Lipinski definition) is 11. The highest BCUT2D eigenvalue weighted by Crippen LogP contribution is 2.41. The van der Waals surface area contributed by atoms with Gasteiger partial charge in [-0.2, -0.15) is 17.2 Å². The second-order valence-electron chi connectivity index (χ2n) is 18.5. The number of rotatable bonds is 6. The first-order valence-electron chi connectivity index (χ1n) is 22.7. The highest BCUT2D eigenvalue weighted by molar-refractivity contribution is 7.85. The lowest BCUT2D eigenvalue weighted by Crippen LogP contribution is -2.58. The van der Waals surface area contributed by atoms with E-state index in [2.05, 4.69) is 63.2 Å². The van der Waals surface area contributed by atoms with Crippen LogP contribution in [0.5, 0.6) is 0 Å². The predicted molar refractivity (Wildman–Crippen MR) is 250 cm³/mol. The Hall–Kier alpha value is -3.99. The van der Waals surface area contributed by atoms with E-state index in [1.165, 1.54) is 120 Å². The first-order valence-corrected chi connectivity index (χ1v) is 26.1. The van der Waals surface area contributed by atoms with Crippen molar-refractivity contribution in [1.29, 1.82) is 0 Å². The molecule has 5 fully saturated rings. The van der Waals surface area contributed by atoms with Crippen LogP contribution in [0.2, 0.25) is 0 Å². The van der Waals surface area contributed by atoms with Crippen LogP contribution in [0.25, 0.3) is 20.2 Å². The molecule has 3 aromatic carbocycles. The Morgan fingerprint density at radius 2 is 1.06 bits per heavy atom. The van der Waals surface area contributed by atoms with Gasteiger partial charge in [-0.15, -0.1) is 0 Å². The molecule has 1 spiro atoms. The van der Waals surface area contributed by atoms with Crippen molar-refractivity contribution in [2.24, 2.45) is 23.7 Å². The molecule has 3 saturated heterocycles. The average molecular weight is 899 g/mol. The number of piperazine rings is 2. The standard InChI is InChI=1S/C27H30N4O2S.C19H26N3S.CH4O3S/c32-26-21-9-3-4-10-22(21)27(33)31(26)18-20-8-2-1-7-19(20)17-29-13-15-30(16-14-29)25-23-11-5-6-12-24(23)34-28-25;1-2-6-16-14-22(13-15(16)5-1)11-9-21(10-12-22)19-17-7-3-4-8-18(17)23-20-19;1-5(2,3)4/h3-6,9-12,19-20H,1-2,7-8,13-18H2;3-4,7-8,15-16H,1-2,5-6,9-14H2;1H3,(H,2,3,4)/q;+1;/t19-,20-;15-,16-;/m00./s1. The van der Waals surface area contributed by atoms with Crippen molar-refractivity contribution in [3.05, 3.63) is 83.9 Å². The largest absolute Gasteiger partial charge is 0.353 e. The van der Waals surface area contributed by atoms with Crippen LogP contribution in [-0.4, -0.2) is 133 Å². The molecule has 0 radical (unpaired) electrons. The minimum absolute atomic E-state index is 0.117. The van der Waals surface area contributed by atoms with Gasteiger partial charge in [0.15, 0.2) is 5.82 Å². The highest BCUT2D eigenvalue weighted by atomic mass is 32.2. The third-order valence-electron chi connectivity index (χ3n) is 14.5. The van der Waals surface area contributed by atoms with E-state index >= 15 is 0 Å². The number of fused-ring (bicyclic) bond motifs is 4. The number of aromatic nitrogens is 2. The molecule has 2 aromatic heterocycles. The molecule has 2 saturated carbocycles. The van der Waals surface area contributed by atoms with Crippen LogP contribution < -0.4 is 9.80 Å². The molecule has 4 aliphatic heterocycles. The molecule has 6 aliphatic rings. The summed E-state index contributed by atoms with van der Waals surface area (Å²) in [5, 5.41) is 2.61. The van der Waals surface area contributed by atoms with Crippen molar-refractivity contribution in [2.75, 3.05) is 94.6 Å². The molecule has 12 nitrogen and oxygen atoms in total. The molecule has 2 amide bonds. The molecule has 4 atom stereocenters. The summed E-state index contributed by atoms with van der Waals surface area (Å²) >= 11 is 3.23. The molecular formula is C47H60N7O5S3+. The van der Waals surface area contributed by atoms with E-state index in [1.54, 1.807) is 35.2 Å². The van der Waals surface area contributed by atoms with E-state index in [0.29, 0.717) is 35.8 Å². The van der Waals surface area contributed by atoms with Crippen LogP contribution in [0.15, 0.2) is 72.8 Å². The highest BCUT2D eigenvalue weighted by Gasteiger charge is 2.47. The SMILES string of the molecule is CS(=O)(=O)O.O=C1c2ccccc2C(=O)N1C[C@@H]1CCCC[C@H]1CN1CCN(c2nsc3ccccc23)CC1.c1ccc2c(N3CC[N+]4(CC3)C[C@@H]3CCCC[C@H]3C4)nsc2c1. The quantitative estimate of drug-likeness (QED) is 0.103. The molecule has 62 heavy (non-hydrogen) atoms. The monoisotopic (exact) mass is 898 g/mol. The van der Waals surface area contributed by atoms with Gasteiger partial charge in [0.25, 0.3) is 21.9 Å². The maximum Gasteiger partial charge on any atom is 0.261 e. The van der Waals surface area contributed by atoms with Gasteiger partial charge in [-0.1, -0.05) is 62.1 Å². The van der Waals surface area contributed by atoms with Gasteiger partial charge < -0.3 is 14.3 Å². The number of carbonyl (C=O) groups is 2. The summed E-state index contributed by atoms with van der Waals surface area (Å²) in [6, 6.07) is 24.4. The van der Waals surface area contributed by atoms with Crippen molar-refractivity contribution in [2.45, 2.75) is 51.4 Å². The predicted octanol–water partition coefficient (Wildman–Crippen LogP) is 7.78. The molecule has 0 bridgehead atoms. The van der Waals surface area contributed by atoms with Crippen LogP contribution in [0, 0.1) is 23.7 Å². The zero-order valence-electron chi connectivity index (χ0n) is 35.8. The molecule has 6 heterocycles. The van der Waals surface area contributed by atoms with Crippen molar-refractivity contribution >= 4 is 76.8 Å². The van der Waals surface area contributed by atoms with E-state index in [-0.39, 0.29) is 11.8 Å². The molecule has 330 valence electrons. The Kier molecular flexibility index (Phi) is 13.0. The topological polar surface area (TPSA) is 127 Å². The summed E-state index contributed by atoms with van der Waals surface area (Å²) in [6.45, 7) is 13.6. The Morgan fingerprint density at radius 3 is 1.58 bits per heavy atom. The van der Waals surface area contributed by atoms with E-state index in [4.69, 9.17) is 13.3 Å². The van der Waals surface area contributed by atoms with Crippen molar-refractivity contribution in [1.82, 2.24) is 18.5 Å². The minimum atomic E-state index is -3.67. The van der Waals surface area contributed by atoms with E-state index in [0.717, 1.165) is 56.8 Å². The third kappa shape index (κ3) is 9.58. The van der Waals surface area contributed by atoms with E-state index in [9.17, 15) is 18.0 Å². The van der Waals surface area contributed by atoms with Gasteiger partial charge in [-0.25, -0.2) is 0 Å². The Bertz CT molecular complexity index is 2420. The maximum absolute atomic E-state index is 12.9. The molecule has 2 aliphatic carbocycles. The van der Waals surface area contributed by atoms with Gasteiger partial charge in [-0.3, -0.25) is 23.9 Å². The van der Waals surface area contributed by atoms with Crippen LogP contribution >= 0.6 is 23.1 Å². The Balaban J connectivity index is 0.000000151. The smallest absolute Gasteiger partial charge is 0.261 e. The normalized spacial score (nSPS) is 25.0. The van der Waals surface area contributed by atoms with Crippen LogP contribution in [-0.2, 0) is 10.1 Å². The van der Waals surface area contributed by atoms with Crippen molar-refractivity contribution < 1.29 is 27.0 Å². The van der Waals surface area contributed by atoms with Gasteiger partial charge in [0.05, 0.1) is 66.1 Å². The van der Waals surface area contributed by atoms with Gasteiger partial charge in [-0.05, 0) is 97.0 Å². The van der Waals surface area contributed by atoms with Gasteiger partial charge >= 0.3 is 0 Å². The molecular weight excluding hydrogens is 839 g/mol. The van der Waals surface area contributed by atoms with Crippen LogP contribution in [0.3, 0.4) is 0 Å². The second kappa shape index (κ2) is 18.6. The van der Waals surface area contributed by atoms with Gasteiger partial charge in [0, 0.05) is 61.9 Å². The van der Waals surface area contributed by atoms with Crippen LogP contribution in [0.4, 0.5) is 11.6 Å². The number of quaternary nitrogens is 1. The number of nitrogens with zero attached hydrogens (tertiary/aromatic N) is 7. The summed E-state index contributed by atoms with van der Waals surface area (Å²) in [7, 11) is -3.67. The molecule has 11 rings (SSSR count). The third-order valence-corrected chi connectivity index (χ3v) is 16.2. The molecule has 15 heteroatoms. The lowest BCUT2D eigenvalue weighted by atomic mass is 9.78. The number of hydrogen-bond donors (Lipinski definition) is 1. The summed E-state index contributed by atoms with van der Waals surface area (Å²) in [6.07, 6.45) is 11.4. The summed E-state index contributed by atoms with van der Waals surface area (Å²) in [5.41, 5.74) is 1.12. The summed E-state index contributed by atoms with van der Waals surface area (Å²) in [4.78, 5) is 34.9. The lowest BCUT2D eigenvalue weighted by molar-refractivity contribution is -0.919. The van der Waals surface area contributed by atoms with Gasteiger partial charge in [0.2, 0.25) is 0 Å². The fourth-order valence-electron chi connectivity index (χ4n) is 11.4. The molecule has 5 aromatic rings. The number of carbonyl (C=O) groups excluding carboxylic acids is 2. The van der Waals surface area contributed by atoms with E-state index in [1.807, 2.05) is 12.1 Å². The number of benzene rings is 3. The maximum atomic E-state index is 12.9. The Morgan fingerprint density at radius 1 is 0.629 bits per heavy atom. The minimum Gasteiger partial charge on any atom is -0.353 e. The summed E-state index contributed by atoms with van der Waals surface area (Å²) < 4.78 is 39.4. The fraction of sp³-hybridized carbons (Fsp3) is 0.532. The lowest BCUT2D eigenvalue weighted by Gasteiger charge is -2.42. The first kappa shape index (κ1) is 43.3. The summed E-state index contributed by atoms with van der Waals surface area (Å²) in [5.74, 6) is 5.12. The second-order valence-corrected chi connectivity index (χ2v) is 21.6. The first-order chi connectivity index (χ1) is 30.0. The fourth-order valence-corrected chi connectivity index (χ4v) is 13.0. The van der Waals surface area contributed by atoms with Crippen molar-refractivity contribution in [3.8, 4) is 0 Å². The average Bonchev–Trinajstić information content (AvgIpc) is 4.05.